The van der Waals surface area contributed by atoms with E-state index in [0.717, 1.165) is 17.5 Å². The van der Waals surface area contributed by atoms with Gasteiger partial charge in [-0.2, -0.15) is 0 Å². The number of amides is 1. The molecule has 0 saturated carbocycles. The van der Waals surface area contributed by atoms with Gasteiger partial charge >= 0.3 is 0 Å². The summed E-state index contributed by atoms with van der Waals surface area (Å²) in [6.07, 6.45) is 0.835. The Hall–Kier alpha value is -1.31. The van der Waals surface area contributed by atoms with E-state index in [1.165, 1.54) is 0 Å². The highest BCUT2D eigenvalue weighted by atomic mass is 16.1. The standard InChI is InChI=1S/C10H10NO/c1-7-6-8-4-2-3-5-9(8)10(12)11-7/h2-5,7H,1,6H2,(H,11,12). The van der Waals surface area contributed by atoms with Crippen LogP contribution in [-0.2, 0) is 6.42 Å². The third-order valence-corrected chi connectivity index (χ3v) is 2.06. The maximum Gasteiger partial charge on any atom is 0.251 e. The second kappa shape index (κ2) is 2.63. The van der Waals surface area contributed by atoms with E-state index in [1.54, 1.807) is 0 Å². The molecule has 61 valence electrons. The molecule has 1 heterocycles. The summed E-state index contributed by atoms with van der Waals surface area (Å²) >= 11 is 0. The van der Waals surface area contributed by atoms with E-state index in [1.807, 2.05) is 24.3 Å². The van der Waals surface area contributed by atoms with Crippen LogP contribution in [-0.4, -0.2) is 11.9 Å². The Balaban J connectivity index is 2.47. The summed E-state index contributed by atoms with van der Waals surface area (Å²) in [5.74, 6) is -0.00292. The number of benzene rings is 1. The fraction of sp³-hybridized carbons (Fsp3) is 0.200. The number of nitrogens with one attached hydrogen (secondary N) is 1. The van der Waals surface area contributed by atoms with Gasteiger partial charge in [0, 0.05) is 11.6 Å². The average Bonchev–Trinajstić information content (AvgIpc) is 2.04. The Morgan fingerprint density at radius 1 is 1.42 bits per heavy atom. The van der Waals surface area contributed by atoms with Crippen molar-refractivity contribution >= 4 is 5.91 Å². The maximum absolute atomic E-state index is 11.3. The first-order chi connectivity index (χ1) is 5.77. The molecular formula is C10H10NO. The van der Waals surface area contributed by atoms with Crippen LogP contribution >= 0.6 is 0 Å². The molecule has 0 aliphatic carbocycles. The van der Waals surface area contributed by atoms with Crippen LogP contribution in [0.2, 0.25) is 0 Å². The lowest BCUT2D eigenvalue weighted by atomic mass is 9.96. The molecule has 0 saturated heterocycles. The summed E-state index contributed by atoms with van der Waals surface area (Å²) in [6, 6.07) is 7.67. The van der Waals surface area contributed by atoms with Crippen LogP contribution in [0.3, 0.4) is 0 Å². The molecule has 1 aliphatic rings. The molecule has 1 N–H and O–H groups in total. The molecule has 2 rings (SSSR count). The minimum absolute atomic E-state index is 0.00292. The number of hydrogen-bond donors (Lipinski definition) is 1. The highest BCUT2D eigenvalue weighted by Gasteiger charge is 2.19. The van der Waals surface area contributed by atoms with Crippen molar-refractivity contribution in [2.24, 2.45) is 0 Å². The predicted molar refractivity (Wildman–Crippen MR) is 46.8 cm³/mol. The normalized spacial score (nSPS) is 21.4. The highest BCUT2D eigenvalue weighted by molar-refractivity contribution is 5.97. The third-order valence-electron chi connectivity index (χ3n) is 2.06. The molecular weight excluding hydrogens is 150 g/mol. The van der Waals surface area contributed by atoms with Gasteiger partial charge in [-0.15, -0.1) is 0 Å². The molecule has 2 heteroatoms. The molecule has 1 radical (unpaired) electrons. The van der Waals surface area contributed by atoms with E-state index in [2.05, 4.69) is 12.2 Å². The Kier molecular flexibility index (Phi) is 1.61. The van der Waals surface area contributed by atoms with Gasteiger partial charge in [0.05, 0.1) is 0 Å². The van der Waals surface area contributed by atoms with Gasteiger partial charge in [0.1, 0.15) is 0 Å². The van der Waals surface area contributed by atoms with Crippen molar-refractivity contribution in [3.63, 3.8) is 0 Å². The van der Waals surface area contributed by atoms with Crippen molar-refractivity contribution in [2.45, 2.75) is 12.5 Å². The molecule has 2 nitrogen and oxygen atoms in total. The van der Waals surface area contributed by atoms with Gasteiger partial charge in [0.25, 0.3) is 5.91 Å². The van der Waals surface area contributed by atoms with Gasteiger partial charge in [-0.3, -0.25) is 4.79 Å². The Bertz CT molecular complexity index is 319. The molecule has 0 aromatic heterocycles. The lowest BCUT2D eigenvalue weighted by Gasteiger charge is -2.21. The van der Waals surface area contributed by atoms with Crippen molar-refractivity contribution in [1.29, 1.82) is 0 Å². The molecule has 1 aliphatic heterocycles. The molecule has 12 heavy (non-hydrogen) atoms. The van der Waals surface area contributed by atoms with Crippen LogP contribution < -0.4 is 5.32 Å². The summed E-state index contributed by atoms with van der Waals surface area (Å²) in [5.41, 5.74) is 1.89. The van der Waals surface area contributed by atoms with E-state index in [4.69, 9.17) is 0 Å². The second-order valence-electron chi connectivity index (χ2n) is 3.03. The number of fused-ring (bicyclic) bond motifs is 1. The molecule has 1 atom stereocenters. The van der Waals surface area contributed by atoms with Crippen molar-refractivity contribution in [2.75, 3.05) is 0 Å². The summed E-state index contributed by atoms with van der Waals surface area (Å²) in [5, 5.41) is 2.79. The minimum atomic E-state index is -0.00292. The van der Waals surface area contributed by atoms with E-state index < -0.39 is 0 Å². The van der Waals surface area contributed by atoms with Gasteiger partial charge in [-0.1, -0.05) is 18.2 Å². The van der Waals surface area contributed by atoms with Gasteiger partial charge in [0.15, 0.2) is 0 Å². The SMILES string of the molecule is [CH2]C1Cc2ccccc2C(=O)N1. The highest BCUT2D eigenvalue weighted by Crippen LogP contribution is 2.15. The summed E-state index contributed by atoms with van der Waals surface area (Å²) in [7, 11) is 0. The fourth-order valence-corrected chi connectivity index (χ4v) is 1.50. The number of hydrogen-bond acceptors (Lipinski definition) is 1. The van der Waals surface area contributed by atoms with Crippen LogP contribution in [0.1, 0.15) is 15.9 Å². The topological polar surface area (TPSA) is 29.1 Å². The number of rotatable bonds is 0. The number of carbonyl (C=O) groups excluding carboxylic acids is 1. The van der Waals surface area contributed by atoms with Crippen molar-refractivity contribution in [3.8, 4) is 0 Å². The zero-order valence-corrected chi connectivity index (χ0v) is 6.71. The molecule has 0 bridgehead atoms. The quantitative estimate of drug-likeness (QED) is 0.606. The monoisotopic (exact) mass is 160 g/mol. The molecule has 1 amide bonds. The van der Waals surface area contributed by atoms with E-state index in [9.17, 15) is 4.79 Å². The van der Waals surface area contributed by atoms with Crippen molar-refractivity contribution in [3.05, 3.63) is 42.3 Å². The summed E-state index contributed by atoms with van der Waals surface area (Å²) in [4.78, 5) is 11.3. The molecule has 1 unspecified atom stereocenters. The molecule has 1 aromatic carbocycles. The molecule has 0 fully saturated rings. The van der Waals surface area contributed by atoms with Gasteiger partial charge in [-0.25, -0.2) is 0 Å². The van der Waals surface area contributed by atoms with Gasteiger partial charge in [-0.05, 0) is 25.0 Å². The van der Waals surface area contributed by atoms with E-state index in [-0.39, 0.29) is 11.9 Å². The van der Waals surface area contributed by atoms with Crippen LogP contribution in [0.4, 0.5) is 0 Å². The first-order valence-electron chi connectivity index (χ1n) is 3.99. The van der Waals surface area contributed by atoms with Crippen LogP contribution in [0.15, 0.2) is 24.3 Å². The average molecular weight is 160 g/mol. The number of carbonyl (C=O) groups is 1. The zero-order chi connectivity index (χ0) is 8.55. The first kappa shape index (κ1) is 7.35. The van der Waals surface area contributed by atoms with Gasteiger partial charge in [0.2, 0.25) is 0 Å². The lowest BCUT2D eigenvalue weighted by molar-refractivity contribution is 0.0934. The Morgan fingerprint density at radius 2 is 2.17 bits per heavy atom. The zero-order valence-electron chi connectivity index (χ0n) is 6.71. The predicted octanol–water partition coefficient (Wildman–Crippen LogP) is 1.18. The molecule has 0 spiro atoms. The summed E-state index contributed by atoms with van der Waals surface area (Å²) in [6.45, 7) is 3.81. The molecule has 1 aromatic rings. The summed E-state index contributed by atoms with van der Waals surface area (Å²) < 4.78 is 0. The largest absolute Gasteiger partial charge is 0.349 e. The van der Waals surface area contributed by atoms with Gasteiger partial charge < -0.3 is 5.32 Å². The van der Waals surface area contributed by atoms with Crippen LogP contribution in [0, 0.1) is 6.92 Å². The lowest BCUT2D eigenvalue weighted by Crippen LogP contribution is -2.39. The van der Waals surface area contributed by atoms with E-state index >= 15 is 0 Å². The van der Waals surface area contributed by atoms with Crippen LogP contribution in [0.5, 0.6) is 0 Å². The Morgan fingerprint density at radius 3 is 3.00 bits per heavy atom. The maximum atomic E-state index is 11.3. The Labute approximate surface area is 71.6 Å². The van der Waals surface area contributed by atoms with Crippen molar-refractivity contribution < 1.29 is 4.79 Å². The third kappa shape index (κ3) is 1.09. The smallest absolute Gasteiger partial charge is 0.251 e. The first-order valence-corrected chi connectivity index (χ1v) is 3.99. The van der Waals surface area contributed by atoms with E-state index in [0.29, 0.717) is 0 Å². The van der Waals surface area contributed by atoms with Crippen LogP contribution in [0.25, 0.3) is 0 Å². The van der Waals surface area contributed by atoms with Crippen molar-refractivity contribution in [1.82, 2.24) is 5.32 Å². The minimum Gasteiger partial charge on any atom is -0.349 e. The fourth-order valence-electron chi connectivity index (χ4n) is 1.50. The second-order valence-corrected chi connectivity index (χ2v) is 3.03.